The zero-order chi connectivity index (χ0) is 79.2. The van der Waals surface area contributed by atoms with Crippen LogP contribution in [0.3, 0.4) is 0 Å². The summed E-state index contributed by atoms with van der Waals surface area (Å²) in [5.74, 6) is 3.27. The second-order valence-corrected chi connectivity index (χ2v) is 46.0. The molecule has 2 rings (SSSR count). The smallest absolute Gasteiger partial charge is 0.334 e. The Morgan fingerprint density at radius 1 is 0.520 bits per heavy atom. The Morgan fingerprint density at radius 2 is 0.902 bits per heavy atom. The highest BCUT2D eigenvalue weighted by Gasteiger charge is 2.33. The van der Waals surface area contributed by atoms with Gasteiger partial charge in [-0.05, 0) is 167 Å². The number of hydrogen-bond donors (Lipinski definition) is 1. The van der Waals surface area contributed by atoms with Crippen LogP contribution in [0.1, 0.15) is 224 Å². The lowest BCUT2D eigenvalue weighted by molar-refractivity contribution is -0.154. The van der Waals surface area contributed by atoms with Gasteiger partial charge in [-0.25, -0.2) is 4.79 Å². The van der Waals surface area contributed by atoms with Crippen LogP contribution in [-0.2, 0) is 33.4 Å². The van der Waals surface area contributed by atoms with E-state index in [0.29, 0.717) is 68.6 Å². The summed E-state index contributed by atoms with van der Waals surface area (Å²) in [6.07, 6.45) is 12.0. The molecule has 570 valence electrons. The Labute approximate surface area is 693 Å². The van der Waals surface area contributed by atoms with Crippen molar-refractivity contribution >= 4 is 254 Å². The van der Waals surface area contributed by atoms with Gasteiger partial charge in [-0.3, -0.25) is 4.79 Å². The molecule has 6 unspecified atom stereocenters. The van der Waals surface area contributed by atoms with E-state index in [0.717, 1.165) is 65.3 Å². The Balaban J connectivity index is -0.000000569. The van der Waals surface area contributed by atoms with Crippen LogP contribution < -0.4 is 0 Å². The summed E-state index contributed by atoms with van der Waals surface area (Å²) in [5, 5.41) is 46.2. The number of nitriles is 4. The number of carbonyl (C=O) groups is 5. The molecule has 102 heavy (non-hydrogen) atoms. The second-order valence-electron chi connectivity index (χ2n) is 25.0. The largest absolute Gasteiger partial charge is 0.481 e. The first kappa shape index (κ1) is 107. The number of benzene rings is 2. The minimum absolute atomic E-state index is 0.0762. The monoisotopic (exact) mass is 1710 g/mol. The van der Waals surface area contributed by atoms with Crippen molar-refractivity contribution in [1.29, 1.82) is 21.0 Å². The van der Waals surface area contributed by atoms with Crippen LogP contribution >= 0.6 is 203 Å². The van der Waals surface area contributed by atoms with Crippen LogP contribution in [0.25, 0.3) is 0 Å². The Hall–Kier alpha value is -1.30. The standard InChI is InChI=1S/C14H23NO3S3.C14H15NOS2.C14H18O2S3.C12H19NOS3.C10H15NOS3.C9H18S3/c1-5-9-20-13(19)21-14(3,10-15)7-6-8-18-12(16)11(2)17-4;1-11(16)8-9-14(2,10-15)18-13(17)12-6-4-3-5-7-12;1-14(2,12(15)16)9-11(19-13(17)18-3)10-7-5-4-6-8-10;1-4-5-8-16-11(15)17-12(3,9-13)7-6-10(2)14;1-4-14-9(13)15-10(3,7-11)6-5-8(2)12;1-5-6-7-11-8(10)12-9(2,3)4/h11H,5-9H2,1-4H3;3-7H,8-9H2,1-2H3;4-8,11H,9H2,1-3H3,(H,15,16);4-8H2,1-3H3;4-6H2,1-3H3;5-7H2,1-4H3. The lowest BCUT2D eigenvalue weighted by atomic mass is 9.86. The molecule has 2 aromatic carbocycles. The van der Waals surface area contributed by atoms with Crippen LogP contribution in [-0.4, -0.2) is 129 Å². The van der Waals surface area contributed by atoms with Crippen molar-refractivity contribution in [2.24, 2.45) is 5.41 Å². The van der Waals surface area contributed by atoms with Gasteiger partial charge < -0.3 is 29.0 Å². The summed E-state index contributed by atoms with van der Waals surface area (Å²) >= 11 is 48.7. The van der Waals surface area contributed by atoms with Crippen molar-refractivity contribution < 1.29 is 38.6 Å². The number of thioether (sulfide) groups is 11. The van der Waals surface area contributed by atoms with Gasteiger partial charge in [0.2, 0.25) is 0 Å². The topological polar surface area (TPSA) is 219 Å². The third-order valence-corrected chi connectivity index (χ3v) is 28.8. The van der Waals surface area contributed by atoms with Crippen molar-refractivity contribution in [1.82, 2.24) is 0 Å². The molecule has 0 aliphatic carbocycles. The lowest BCUT2D eigenvalue weighted by Gasteiger charge is -2.26. The van der Waals surface area contributed by atoms with Crippen molar-refractivity contribution in [3.8, 4) is 24.3 Å². The van der Waals surface area contributed by atoms with Crippen molar-refractivity contribution in [3.63, 3.8) is 0 Å². The van der Waals surface area contributed by atoms with E-state index in [9.17, 15) is 39.6 Å². The number of methoxy groups -OCH3 is 1. The average Bonchev–Trinajstić information content (AvgIpc) is 0.862. The SMILES string of the molecule is CC(=O)CCC(C)(C#N)SC(=S)c1ccccc1.CCCCSC(=S)SC(C)(C#N)CCC(C)=O.CCCCSC(=S)SC(C)(C)C.CCCSC(=S)SC(C)(C#N)CCCOC(=O)C(C)OC.CCSC(=S)SC(C)(C#N)CCC(C)=O.CSC(=S)SC(CC(C)(C)C(=O)O)c1ccccc1. The highest BCUT2D eigenvalue weighted by Crippen LogP contribution is 2.43. The highest BCUT2D eigenvalue weighted by molar-refractivity contribution is 8.49. The summed E-state index contributed by atoms with van der Waals surface area (Å²) in [6, 6.07) is 28.6. The summed E-state index contributed by atoms with van der Waals surface area (Å²) in [4.78, 5) is 55.5. The van der Waals surface area contributed by atoms with Gasteiger partial charge in [0.1, 0.15) is 54.0 Å². The number of carboxylic acids is 1. The highest BCUT2D eigenvalue weighted by atomic mass is 32.2. The van der Waals surface area contributed by atoms with Crippen LogP contribution in [0, 0.1) is 50.7 Å². The maximum absolute atomic E-state index is 11.4. The van der Waals surface area contributed by atoms with E-state index in [4.69, 9.17) is 93.3 Å². The number of ether oxygens (including phenoxy) is 2. The minimum atomic E-state index is -0.774. The summed E-state index contributed by atoms with van der Waals surface area (Å²) in [5.41, 5.74) is 1.31. The van der Waals surface area contributed by atoms with Crippen molar-refractivity contribution in [2.75, 3.05) is 43.0 Å². The van der Waals surface area contributed by atoms with Gasteiger partial charge >= 0.3 is 11.9 Å². The van der Waals surface area contributed by atoms with Crippen molar-refractivity contribution in [3.05, 3.63) is 71.8 Å². The van der Waals surface area contributed by atoms with Crippen LogP contribution in [0.5, 0.6) is 0 Å². The van der Waals surface area contributed by atoms with Gasteiger partial charge in [-0.2, -0.15) is 21.0 Å². The predicted molar refractivity (Wildman–Crippen MR) is 483 cm³/mol. The number of carbonyl (C=O) groups excluding carboxylic acids is 4. The fourth-order valence-corrected chi connectivity index (χ4v) is 22.7. The average molecular weight is 1710 g/mol. The van der Waals surface area contributed by atoms with Gasteiger partial charge in [0.25, 0.3) is 0 Å². The molecule has 0 aromatic heterocycles. The summed E-state index contributed by atoms with van der Waals surface area (Å²) in [7, 11) is 1.46. The molecule has 0 bridgehead atoms. The number of esters is 1. The molecular formula is C73H108N4O8S17. The van der Waals surface area contributed by atoms with E-state index in [2.05, 4.69) is 65.8 Å². The number of aliphatic carboxylic acids is 1. The summed E-state index contributed by atoms with van der Waals surface area (Å²) in [6.45, 7) is 32.5. The first-order valence-corrected chi connectivity index (χ1v) is 45.7. The molecule has 12 nitrogen and oxygen atoms in total. The number of rotatable bonds is 34. The van der Waals surface area contributed by atoms with E-state index in [1.54, 1.807) is 93.4 Å². The molecule has 0 saturated carbocycles. The van der Waals surface area contributed by atoms with E-state index in [-0.39, 0.29) is 33.3 Å². The normalized spacial score (nSPS) is 13.6. The Bertz CT molecular complexity index is 3060. The molecule has 6 atom stereocenters. The molecule has 0 saturated heterocycles. The summed E-state index contributed by atoms with van der Waals surface area (Å²) < 4.78 is 12.9. The lowest BCUT2D eigenvalue weighted by Crippen LogP contribution is -2.25. The van der Waals surface area contributed by atoms with Crippen LogP contribution in [0.15, 0.2) is 60.7 Å². The first-order chi connectivity index (χ1) is 47.5. The molecular weight excluding hydrogens is 1610 g/mol. The quantitative estimate of drug-likeness (QED) is 0.0391. The number of unbranched alkanes of at least 4 members (excludes halogenated alkanes) is 2. The van der Waals surface area contributed by atoms with Gasteiger partial charge in [-0.1, -0.05) is 254 Å². The third kappa shape index (κ3) is 59.6. The number of Topliss-reactive ketones (excluding diaryl/α,β-unsaturated/α-hetero) is 3. The molecule has 29 heteroatoms. The zero-order valence-corrected chi connectivity index (χ0v) is 76.8. The molecule has 0 radical (unpaired) electrons. The Kier molecular flexibility index (Phi) is 64.5. The van der Waals surface area contributed by atoms with Gasteiger partial charge in [-0.15, -0.1) is 70.6 Å². The fraction of sp³-hybridized carbons (Fsp3) is 0.630. The Morgan fingerprint density at radius 3 is 1.25 bits per heavy atom. The van der Waals surface area contributed by atoms with E-state index < -0.39 is 36.5 Å². The molecule has 0 fully saturated rings. The van der Waals surface area contributed by atoms with Gasteiger partial charge in [0.05, 0.1) is 40.5 Å². The maximum Gasteiger partial charge on any atom is 0.334 e. The molecule has 0 amide bonds. The molecule has 0 heterocycles. The maximum atomic E-state index is 11.4. The van der Waals surface area contributed by atoms with Gasteiger partial charge in [0.15, 0.2) is 6.10 Å². The molecule has 0 spiro atoms. The fourth-order valence-electron chi connectivity index (χ4n) is 6.83. The number of nitrogens with zero attached hydrogens (tertiary/aromatic N) is 4. The number of thiocarbonyl (C=S) groups is 6. The number of ketones is 3. The van der Waals surface area contributed by atoms with E-state index in [1.165, 1.54) is 91.4 Å². The minimum Gasteiger partial charge on any atom is -0.481 e. The predicted octanol–water partition coefficient (Wildman–Crippen LogP) is 24.1. The first-order valence-electron chi connectivity index (χ1n) is 33.1. The number of hydrogen-bond acceptors (Lipinski definition) is 28. The zero-order valence-electron chi connectivity index (χ0n) is 62.9. The molecule has 0 aliphatic rings. The third-order valence-electron chi connectivity index (χ3n) is 13.2. The molecule has 0 aliphatic heterocycles. The van der Waals surface area contributed by atoms with Crippen molar-refractivity contribution in [2.45, 2.75) is 243 Å². The van der Waals surface area contributed by atoms with Crippen LogP contribution in [0.2, 0.25) is 0 Å². The van der Waals surface area contributed by atoms with Gasteiger partial charge in [0, 0.05) is 36.4 Å². The molecule has 1 N–H and O–H groups in total. The second kappa shape index (κ2) is 61.5. The molecule has 2 aromatic rings. The van der Waals surface area contributed by atoms with Crippen LogP contribution in [0.4, 0.5) is 0 Å². The number of carboxylic acid groups (broad SMARTS) is 1. The van der Waals surface area contributed by atoms with E-state index in [1.807, 2.05) is 113 Å². The van der Waals surface area contributed by atoms with E-state index >= 15 is 0 Å².